The van der Waals surface area contributed by atoms with Gasteiger partial charge in [0.05, 0.1) is 63.5 Å². The Morgan fingerprint density at radius 2 is 1.24 bits per heavy atom. The van der Waals surface area contributed by atoms with Gasteiger partial charge in [0.2, 0.25) is 0 Å². The number of carbonyl (C=O) groups excluding carboxylic acids is 2. The molecule has 2 heterocycles. The average molecular weight is 705 g/mol. The molecule has 2 saturated heterocycles. The van der Waals surface area contributed by atoms with Crippen molar-refractivity contribution in [1.29, 1.82) is 0 Å². The fourth-order valence-corrected chi connectivity index (χ4v) is 6.03. The number of carbonyl (C=O) groups is 2. The van der Waals surface area contributed by atoms with Crippen LogP contribution < -0.4 is 18.9 Å². The lowest BCUT2D eigenvalue weighted by Crippen LogP contribution is -2.45. The number of esters is 2. The SMILES string of the molecule is CCC1(COCCCCOc2ccc(C(=O)Oc3ccc(OC(=O)c4ccc(OCCCC(O)CC5(CC)COC5)cc4)c(C)c3)cc2)COC1. The first-order valence-corrected chi connectivity index (χ1v) is 18.1. The lowest BCUT2D eigenvalue weighted by Gasteiger charge is -2.42. The molecule has 2 fully saturated rings. The summed E-state index contributed by atoms with van der Waals surface area (Å²) in [5.41, 5.74) is 1.75. The van der Waals surface area contributed by atoms with Crippen molar-refractivity contribution in [2.24, 2.45) is 10.8 Å². The van der Waals surface area contributed by atoms with Crippen LogP contribution in [0.2, 0.25) is 0 Å². The van der Waals surface area contributed by atoms with Crippen LogP contribution in [0.4, 0.5) is 0 Å². The molecule has 2 aliphatic heterocycles. The predicted molar refractivity (Wildman–Crippen MR) is 192 cm³/mol. The molecule has 5 rings (SSSR count). The molecule has 10 heteroatoms. The van der Waals surface area contributed by atoms with E-state index in [2.05, 4.69) is 13.8 Å². The normalized spacial score (nSPS) is 16.3. The van der Waals surface area contributed by atoms with E-state index in [0.717, 1.165) is 71.6 Å². The van der Waals surface area contributed by atoms with Crippen molar-refractivity contribution < 1.29 is 47.9 Å². The largest absolute Gasteiger partial charge is 0.494 e. The molecular formula is C41H52O10. The quantitative estimate of drug-likeness (QED) is 0.0684. The zero-order chi connectivity index (χ0) is 36.1. The molecule has 2 aliphatic rings. The molecule has 276 valence electrons. The first-order valence-electron chi connectivity index (χ1n) is 18.1. The monoisotopic (exact) mass is 704 g/mol. The third-order valence-corrected chi connectivity index (χ3v) is 9.85. The van der Waals surface area contributed by atoms with Gasteiger partial charge >= 0.3 is 11.9 Å². The molecule has 3 aromatic rings. The Hall–Kier alpha value is -3.96. The molecule has 1 unspecified atom stereocenters. The molecule has 3 aromatic carbocycles. The van der Waals surface area contributed by atoms with Crippen molar-refractivity contribution in [2.45, 2.75) is 71.8 Å². The van der Waals surface area contributed by atoms with Gasteiger partial charge in [-0.15, -0.1) is 0 Å². The van der Waals surface area contributed by atoms with Crippen molar-refractivity contribution >= 4 is 11.9 Å². The molecule has 0 saturated carbocycles. The first-order chi connectivity index (χ1) is 24.7. The molecule has 51 heavy (non-hydrogen) atoms. The number of hydrogen-bond acceptors (Lipinski definition) is 10. The minimum atomic E-state index is -0.512. The highest BCUT2D eigenvalue weighted by molar-refractivity contribution is 5.92. The number of aryl methyl sites for hydroxylation is 1. The predicted octanol–water partition coefficient (Wildman–Crippen LogP) is 7.37. The van der Waals surface area contributed by atoms with E-state index in [0.29, 0.717) is 65.9 Å². The smallest absolute Gasteiger partial charge is 0.343 e. The molecule has 0 radical (unpaired) electrons. The lowest BCUT2D eigenvalue weighted by atomic mass is 9.77. The van der Waals surface area contributed by atoms with E-state index >= 15 is 0 Å². The van der Waals surface area contributed by atoms with Crippen molar-refractivity contribution in [3.05, 3.63) is 83.4 Å². The van der Waals surface area contributed by atoms with E-state index in [1.807, 2.05) is 0 Å². The number of rotatable bonds is 21. The average Bonchev–Trinajstić information content (AvgIpc) is 3.10. The number of ether oxygens (including phenoxy) is 7. The highest BCUT2D eigenvalue weighted by Gasteiger charge is 2.38. The summed E-state index contributed by atoms with van der Waals surface area (Å²) in [5, 5.41) is 10.4. The molecule has 0 aliphatic carbocycles. The molecule has 10 nitrogen and oxygen atoms in total. The molecule has 1 atom stereocenters. The maximum Gasteiger partial charge on any atom is 0.343 e. The number of hydrogen-bond donors (Lipinski definition) is 1. The maximum absolute atomic E-state index is 12.8. The van der Waals surface area contributed by atoms with Crippen LogP contribution in [0, 0.1) is 17.8 Å². The van der Waals surface area contributed by atoms with Crippen LogP contribution in [-0.4, -0.2) is 76.0 Å². The second-order valence-corrected chi connectivity index (χ2v) is 13.9. The second-order valence-electron chi connectivity index (χ2n) is 13.9. The van der Waals surface area contributed by atoms with E-state index in [1.165, 1.54) is 0 Å². The topological polar surface area (TPSA) is 119 Å². The van der Waals surface area contributed by atoms with Gasteiger partial charge in [-0.1, -0.05) is 13.8 Å². The van der Waals surface area contributed by atoms with E-state index in [9.17, 15) is 14.7 Å². The highest BCUT2D eigenvalue weighted by Crippen LogP contribution is 2.37. The summed E-state index contributed by atoms with van der Waals surface area (Å²) in [4.78, 5) is 25.6. The van der Waals surface area contributed by atoms with Crippen LogP contribution in [-0.2, 0) is 14.2 Å². The van der Waals surface area contributed by atoms with E-state index in [1.54, 1.807) is 73.7 Å². The van der Waals surface area contributed by atoms with Gasteiger partial charge in [-0.05, 0) is 124 Å². The zero-order valence-electron chi connectivity index (χ0n) is 30.2. The van der Waals surface area contributed by atoms with Gasteiger partial charge in [0.15, 0.2) is 0 Å². The molecule has 0 bridgehead atoms. The van der Waals surface area contributed by atoms with E-state index < -0.39 is 11.9 Å². The third kappa shape index (κ3) is 11.0. The number of unbranched alkanes of at least 4 members (excludes halogenated alkanes) is 1. The Labute approximate surface area is 301 Å². The minimum Gasteiger partial charge on any atom is -0.494 e. The fraction of sp³-hybridized carbons (Fsp3) is 0.512. The van der Waals surface area contributed by atoms with Gasteiger partial charge in [0.1, 0.15) is 23.0 Å². The van der Waals surface area contributed by atoms with Crippen LogP contribution in [0.3, 0.4) is 0 Å². The number of benzene rings is 3. The van der Waals surface area contributed by atoms with Crippen molar-refractivity contribution in [2.75, 3.05) is 52.9 Å². The summed E-state index contributed by atoms with van der Waals surface area (Å²) < 4.78 is 39.3. The number of aliphatic hydroxyl groups excluding tert-OH is 1. The second kappa shape index (κ2) is 18.5. The Balaban J connectivity index is 0.984. The summed E-state index contributed by atoms with van der Waals surface area (Å²) in [6.07, 6.45) is 5.65. The van der Waals surface area contributed by atoms with Gasteiger partial charge in [0.25, 0.3) is 0 Å². The number of aliphatic hydroxyl groups is 1. The van der Waals surface area contributed by atoms with Crippen LogP contribution in [0.1, 0.15) is 85.1 Å². The highest BCUT2D eigenvalue weighted by atomic mass is 16.5. The Bertz CT molecular complexity index is 1530. The van der Waals surface area contributed by atoms with Crippen molar-refractivity contribution in [3.63, 3.8) is 0 Å². The van der Waals surface area contributed by atoms with Crippen LogP contribution in [0.5, 0.6) is 23.0 Å². The van der Waals surface area contributed by atoms with Crippen molar-refractivity contribution in [3.8, 4) is 23.0 Å². The van der Waals surface area contributed by atoms with Crippen LogP contribution in [0.15, 0.2) is 66.7 Å². The Morgan fingerprint density at radius 1 is 0.706 bits per heavy atom. The van der Waals surface area contributed by atoms with Gasteiger partial charge in [0, 0.05) is 17.4 Å². The van der Waals surface area contributed by atoms with Gasteiger partial charge in [-0.3, -0.25) is 0 Å². The van der Waals surface area contributed by atoms with Crippen LogP contribution in [0.25, 0.3) is 0 Å². The maximum atomic E-state index is 12.8. The summed E-state index contributed by atoms with van der Waals surface area (Å²) in [5.74, 6) is 1.01. The zero-order valence-corrected chi connectivity index (χ0v) is 30.2. The third-order valence-electron chi connectivity index (χ3n) is 9.85. The summed E-state index contributed by atoms with van der Waals surface area (Å²) in [7, 11) is 0. The molecule has 0 amide bonds. The van der Waals surface area contributed by atoms with Crippen molar-refractivity contribution in [1.82, 2.24) is 0 Å². The Morgan fingerprint density at radius 3 is 1.76 bits per heavy atom. The first kappa shape index (κ1) is 38.3. The molecule has 0 spiro atoms. The van der Waals surface area contributed by atoms with Crippen LogP contribution >= 0.6 is 0 Å². The molecular weight excluding hydrogens is 652 g/mol. The van der Waals surface area contributed by atoms with Gasteiger partial charge < -0.3 is 38.3 Å². The van der Waals surface area contributed by atoms with E-state index in [-0.39, 0.29) is 16.9 Å². The summed E-state index contributed by atoms with van der Waals surface area (Å²) in [6.45, 7) is 11.6. The van der Waals surface area contributed by atoms with E-state index in [4.69, 9.17) is 33.2 Å². The van der Waals surface area contributed by atoms with Gasteiger partial charge in [-0.25, -0.2) is 9.59 Å². The lowest BCUT2D eigenvalue weighted by molar-refractivity contribution is -0.150. The summed E-state index contributed by atoms with van der Waals surface area (Å²) >= 11 is 0. The molecule has 0 aromatic heterocycles. The van der Waals surface area contributed by atoms with Gasteiger partial charge in [-0.2, -0.15) is 0 Å². The Kier molecular flexibility index (Phi) is 13.9. The summed E-state index contributed by atoms with van der Waals surface area (Å²) in [6, 6.07) is 18.5. The fourth-order valence-electron chi connectivity index (χ4n) is 6.03. The molecule has 1 N–H and O–H groups in total. The standard InChI is InChI=1S/C41H52O10/c1-4-40(25-46-26-40)24-33(42)9-8-22-49-35-16-12-32(13-17-35)39(44)51-37-19-18-36(23-30(37)3)50-38(43)31-10-14-34(15-11-31)48-21-7-6-20-45-27-41(5-2)28-47-29-41/h10-19,23,33,42H,4-9,20-22,24-29H2,1-3H3. The minimum absolute atomic E-state index is 0.128.